The number of fused-ring (bicyclic) bond motifs is 1. The summed E-state index contributed by atoms with van der Waals surface area (Å²) >= 11 is 0. The number of methoxy groups -OCH3 is 1. The summed E-state index contributed by atoms with van der Waals surface area (Å²) in [5.41, 5.74) is -0.454. The van der Waals surface area contributed by atoms with Crippen molar-refractivity contribution in [2.75, 3.05) is 13.7 Å². The van der Waals surface area contributed by atoms with Gasteiger partial charge in [-0.15, -0.1) is 0 Å². The number of hydrogen-bond donors (Lipinski definition) is 3. The Balaban J connectivity index is 2.32. The minimum absolute atomic E-state index is 0.0708. The Morgan fingerprint density at radius 2 is 1.89 bits per heavy atom. The van der Waals surface area contributed by atoms with E-state index in [0.29, 0.717) is 0 Å². The third kappa shape index (κ3) is 3.68. The van der Waals surface area contributed by atoms with Crippen LogP contribution >= 0.6 is 7.82 Å². The van der Waals surface area contributed by atoms with Crippen LogP contribution in [0.5, 0.6) is 23.0 Å². The van der Waals surface area contributed by atoms with Crippen molar-refractivity contribution in [2.45, 2.75) is 6.92 Å². The van der Waals surface area contributed by atoms with Gasteiger partial charge in [0.1, 0.15) is 5.58 Å². The molecule has 0 aliphatic heterocycles. The van der Waals surface area contributed by atoms with Crippen molar-refractivity contribution >= 4 is 18.8 Å². The van der Waals surface area contributed by atoms with Crippen molar-refractivity contribution in [1.29, 1.82) is 0 Å². The first-order valence-electron chi connectivity index (χ1n) is 8.10. The van der Waals surface area contributed by atoms with Crippen LogP contribution in [0.25, 0.3) is 22.3 Å². The maximum Gasteiger partial charge on any atom is 0.527 e. The van der Waals surface area contributed by atoms with Gasteiger partial charge in [0.05, 0.1) is 19.1 Å². The monoisotopic (exact) mass is 408 g/mol. The number of aromatic hydroxyl groups is 2. The third-order valence-corrected chi connectivity index (χ3v) is 4.79. The van der Waals surface area contributed by atoms with E-state index in [1.807, 2.05) is 0 Å². The molecule has 3 rings (SSSR count). The van der Waals surface area contributed by atoms with Crippen LogP contribution in [-0.4, -0.2) is 28.8 Å². The first-order valence-corrected chi connectivity index (χ1v) is 9.60. The second-order valence-corrected chi connectivity index (χ2v) is 6.99. The largest absolute Gasteiger partial charge is 0.527 e. The highest BCUT2D eigenvalue weighted by Crippen LogP contribution is 2.47. The van der Waals surface area contributed by atoms with Crippen LogP contribution in [0.2, 0.25) is 0 Å². The molecule has 0 aliphatic carbocycles. The van der Waals surface area contributed by atoms with E-state index in [4.69, 9.17) is 13.7 Å². The molecule has 0 spiro atoms. The Bertz CT molecular complexity index is 1140. The molecule has 28 heavy (non-hydrogen) atoms. The van der Waals surface area contributed by atoms with E-state index in [9.17, 15) is 24.5 Å². The predicted octanol–water partition coefficient (Wildman–Crippen LogP) is 3.40. The lowest BCUT2D eigenvalue weighted by molar-refractivity contribution is 0.212. The van der Waals surface area contributed by atoms with E-state index in [2.05, 4.69) is 4.52 Å². The zero-order chi connectivity index (χ0) is 20.5. The molecule has 0 radical (unpaired) electrons. The summed E-state index contributed by atoms with van der Waals surface area (Å²) in [6.45, 7) is 1.36. The van der Waals surface area contributed by atoms with Gasteiger partial charge in [0, 0.05) is 5.56 Å². The summed E-state index contributed by atoms with van der Waals surface area (Å²) in [4.78, 5) is 22.7. The zero-order valence-electron chi connectivity index (χ0n) is 14.9. The van der Waals surface area contributed by atoms with Gasteiger partial charge >= 0.3 is 7.82 Å². The van der Waals surface area contributed by atoms with Gasteiger partial charge in [-0.25, -0.2) is 4.57 Å². The molecule has 0 aliphatic rings. The maximum absolute atomic E-state index is 12.9. The van der Waals surface area contributed by atoms with Gasteiger partial charge in [-0.2, -0.15) is 0 Å². The van der Waals surface area contributed by atoms with Gasteiger partial charge in [-0.3, -0.25) is 14.2 Å². The van der Waals surface area contributed by atoms with Crippen molar-refractivity contribution in [2.24, 2.45) is 0 Å². The lowest BCUT2D eigenvalue weighted by Crippen LogP contribution is -2.10. The van der Waals surface area contributed by atoms with Crippen molar-refractivity contribution in [3.63, 3.8) is 0 Å². The first kappa shape index (κ1) is 19.8. The minimum Gasteiger partial charge on any atom is -0.504 e. The lowest BCUT2D eigenvalue weighted by Gasteiger charge is -2.15. The average Bonchev–Trinajstić information content (AvgIpc) is 2.66. The fourth-order valence-corrected chi connectivity index (χ4v) is 3.36. The second-order valence-electron chi connectivity index (χ2n) is 5.61. The molecule has 1 aromatic heterocycles. The number of phosphoric ester groups is 1. The predicted molar refractivity (Wildman–Crippen MR) is 99.9 cm³/mol. The third-order valence-electron chi connectivity index (χ3n) is 3.79. The van der Waals surface area contributed by atoms with Crippen LogP contribution in [-0.2, 0) is 9.09 Å². The van der Waals surface area contributed by atoms with Gasteiger partial charge in [0.25, 0.3) is 0 Å². The smallest absolute Gasteiger partial charge is 0.504 e. The quantitative estimate of drug-likeness (QED) is 0.414. The van der Waals surface area contributed by atoms with E-state index >= 15 is 0 Å². The van der Waals surface area contributed by atoms with Crippen LogP contribution in [0.1, 0.15) is 6.92 Å². The highest BCUT2D eigenvalue weighted by Gasteiger charge is 2.29. The summed E-state index contributed by atoms with van der Waals surface area (Å²) < 4.78 is 32.5. The van der Waals surface area contributed by atoms with E-state index in [1.165, 1.54) is 32.2 Å². The molecule has 0 saturated heterocycles. The molecule has 3 N–H and O–H groups in total. The zero-order valence-corrected chi connectivity index (χ0v) is 15.8. The molecule has 9 nitrogen and oxygen atoms in total. The minimum atomic E-state index is -4.61. The summed E-state index contributed by atoms with van der Waals surface area (Å²) in [5.74, 6) is -1.99. The fraction of sp³-hybridized carbons (Fsp3) is 0.167. The molecule has 0 amide bonds. The van der Waals surface area contributed by atoms with Crippen LogP contribution in [0.15, 0.2) is 45.6 Å². The van der Waals surface area contributed by atoms with Crippen LogP contribution < -0.4 is 14.7 Å². The Labute approximate surface area is 159 Å². The Kier molecular flexibility index (Phi) is 5.33. The van der Waals surface area contributed by atoms with Gasteiger partial charge in [-0.05, 0) is 31.2 Å². The molecule has 0 bridgehead atoms. The number of phosphoric acid groups is 1. The van der Waals surface area contributed by atoms with E-state index in [0.717, 1.165) is 6.07 Å². The van der Waals surface area contributed by atoms with Crippen LogP contribution in [0, 0.1) is 0 Å². The summed E-state index contributed by atoms with van der Waals surface area (Å²) in [7, 11) is -3.34. The van der Waals surface area contributed by atoms with Crippen molar-refractivity contribution in [3.05, 3.63) is 46.6 Å². The highest BCUT2D eigenvalue weighted by atomic mass is 31.2. The fourth-order valence-electron chi connectivity index (χ4n) is 2.58. The van der Waals surface area contributed by atoms with Gasteiger partial charge < -0.3 is 23.9 Å². The lowest BCUT2D eigenvalue weighted by atomic mass is 10.1. The van der Waals surface area contributed by atoms with Crippen LogP contribution in [0.4, 0.5) is 0 Å². The molecule has 1 unspecified atom stereocenters. The topological polar surface area (TPSA) is 136 Å². The van der Waals surface area contributed by atoms with Crippen molar-refractivity contribution in [3.8, 4) is 34.3 Å². The maximum atomic E-state index is 12.9. The molecule has 0 saturated carbocycles. The number of rotatable bonds is 6. The summed E-state index contributed by atoms with van der Waals surface area (Å²) in [5, 5.41) is 19.9. The SMILES string of the molecule is CCOP(=O)(O)Oc1c(-c2cc(O)c(O)c(OC)c2)oc2ccccc2c1=O. The molecule has 2 aromatic carbocycles. The molecule has 0 fully saturated rings. The average molecular weight is 408 g/mol. The number of hydrogen-bond acceptors (Lipinski definition) is 8. The standard InChI is InChI=1S/C18H17O9P/c1-3-25-28(22,23)27-18-15(20)11-6-4-5-7-13(11)26-17(18)10-8-12(19)16(21)14(9-10)24-2/h4-9,19,21H,3H2,1-2H3,(H,22,23). The van der Waals surface area contributed by atoms with Gasteiger partial charge in [0.15, 0.2) is 17.3 Å². The summed E-state index contributed by atoms with van der Waals surface area (Å²) in [6.07, 6.45) is 0. The van der Waals surface area contributed by atoms with Gasteiger partial charge in [-0.1, -0.05) is 12.1 Å². The number of benzene rings is 2. The Hall–Kier alpha value is -3.00. The van der Waals surface area contributed by atoms with E-state index < -0.39 is 30.5 Å². The first-order chi connectivity index (χ1) is 13.3. The Morgan fingerprint density at radius 3 is 2.57 bits per heavy atom. The molecule has 148 valence electrons. The normalized spacial score (nSPS) is 13.2. The molecule has 1 atom stereocenters. The van der Waals surface area contributed by atoms with Crippen molar-refractivity contribution in [1.82, 2.24) is 0 Å². The number of ether oxygens (including phenoxy) is 1. The Morgan fingerprint density at radius 1 is 1.18 bits per heavy atom. The number of phenols is 2. The molecular weight excluding hydrogens is 391 g/mol. The molecule has 3 aromatic rings. The number of para-hydroxylation sites is 1. The molecule has 10 heteroatoms. The van der Waals surface area contributed by atoms with Crippen molar-refractivity contribution < 1.29 is 37.9 Å². The summed E-state index contributed by atoms with van der Waals surface area (Å²) in [6, 6.07) is 8.61. The molecule has 1 heterocycles. The highest BCUT2D eigenvalue weighted by molar-refractivity contribution is 7.47. The second kappa shape index (κ2) is 7.55. The molecular formula is C18H17O9P. The van der Waals surface area contributed by atoms with E-state index in [-0.39, 0.29) is 34.6 Å². The number of phenolic OH excluding ortho intramolecular Hbond substituents is 2. The van der Waals surface area contributed by atoms with Gasteiger partial charge in [0.2, 0.25) is 16.9 Å². The van der Waals surface area contributed by atoms with Crippen LogP contribution in [0.3, 0.4) is 0 Å². The van der Waals surface area contributed by atoms with E-state index in [1.54, 1.807) is 12.1 Å².